The number of benzene rings is 1. The van der Waals surface area contributed by atoms with Crippen LogP contribution in [0.1, 0.15) is 48.2 Å². The van der Waals surface area contributed by atoms with Gasteiger partial charge in [-0.3, -0.25) is 4.79 Å². The van der Waals surface area contributed by atoms with Gasteiger partial charge in [-0.05, 0) is 49.4 Å². The number of carboxylic acid groups (broad SMARTS) is 1. The first-order chi connectivity index (χ1) is 16.4. The van der Waals surface area contributed by atoms with Crippen LogP contribution in [0.3, 0.4) is 0 Å². The normalized spacial score (nSPS) is 15.0. The number of methoxy groups -OCH3 is 2. The summed E-state index contributed by atoms with van der Waals surface area (Å²) in [5.74, 6) is 0.160. The molecule has 0 radical (unpaired) electrons. The van der Waals surface area contributed by atoms with E-state index >= 15 is 0 Å². The van der Waals surface area contributed by atoms with E-state index in [2.05, 4.69) is 9.88 Å². The van der Waals surface area contributed by atoms with E-state index in [0.717, 1.165) is 31.5 Å². The van der Waals surface area contributed by atoms with Gasteiger partial charge in [0, 0.05) is 38.5 Å². The van der Waals surface area contributed by atoms with E-state index in [0.29, 0.717) is 36.4 Å². The van der Waals surface area contributed by atoms with Crippen LogP contribution in [0.25, 0.3) is 0 Å². The third-order valence-corrected chi connectivity index (χ3v) is 5.93. The van der Waals surface area contributed by atoms with Gasteiger partial charge in [0.2, 0.25) is 5.88 Å². The number of aromatic nitrogens is 1. The molecular weight excluding hydrogens is 440 g/mol. The van der Waals surface area contributed by atoms with Gasteiger partial charge in [0.1, 0.15) is 5.75 Å². The Balaban J connectivity index is 1.56. The summed E-state index contributed by atoms with van der Waals surface area (Å²) in [4.78, 5) is 29.8. The highest BCUT2D eigenvalue weighted by molar-refractivity contribution is 5.95. The maximum atomic E-state index is 11.8. The quantitative estimate of drug-likeness (QED) is 0.490. The van der Waals surface area contributed by atoms with Crippen LogP contribution >= 0.6 is 0 Å². The molecule has 0 bridgehead atoms. The van der Waals surface area contributed by atoms with Crippen LogP contribution in [0.5, 0.6) is 11.6 Å². The van der Waals surface area contributed by atoms with Crippen molar-refractivity contribution in [3.05, 3.63) is 47.7 Å². The van der Waals surface area contributed by atoms with E-state index in [4.69, 9.17) is 18.9 Å². The number of nitrogens with zero attached hydrogens (tertiary/aromatic N) is 2. The molecule has 1 saturated heterocycles. The van der Waals surface area contributed by atoms with Gasteiger partial charge in [-0.25, -0.2) is 9.78 Å². The maximum absolute atomic E-state index is 11.8. The number of pyridine rings is 1. The molecule has 1 aliphatic rings. The number of hydrogen-bond acceptors (Lipinski definition) is 8. The maximum Gasteiger partial charge on any atom is 0.337 e. The Morgan fingerprint density at radius 3 is 2.59 bits per heavy atom. The topological polar surface area (TPSA) is 107 Å². The third-order valence-electron chi connectivity index (χ3n) is 5.93. The summed E-state index contributed by atoms with van der Waals surface area (Å²) >= 11 is 0. The average Bonchev–Trinajstić information content (AvgIpc) is 2.86. The third kappa shape index (κ3) is 6.60. The molecule has 9 heteroatoms. The molecule has 34 heavy (non-hydrogen) atoms. The van der Waals surface area contributed by atoms with Crippen molar-refractivity contribution >= 4 is 17.6 Å². The monoisotopic (exact) mass is 472 g/mol. The lowest BCUT2D eigenvalue weighted by Gasteiger charge is -2.34. The molecule has 1 unspecified atom stereocenters. The molecule has 0 amide bonds. The Labute approximate surface area is 199 Å². The van der Waals surface area contributed by atoms with Crippen LogP contribution in [0.2, 0.25) is 0 Å². The molecule has 1 aromatic heterocycles. The Bertz CT molecular complexity index is 973. The summed E-state index contributed by atoms with van der Waals surface area (Å²) in [7, 11) is 3.12. The first kappa shape index (κ1) is 25.3. The first-order valence-electron chi connectivity index (χ1n) is 11.4. The van der Waals surface area contributed by atoms with E-state index < -0.39 is 12.1 Å². The molecular formula is C25H32N2O7. The van der Waals surface area contributed by atoms with Gasteiger partial charge in [0.05, 0.1) is 44.1 Å². The zero-order valence-electron chi connectivity index (χ0n) is 19.9. The summed E-state index contributed by atoms with van der Waals surface area (Å²) in [6, 6.07) is 8.61. The summed E-state index contributed by atoms with van der Waals surface area (Å²) < 4.78 is 21.7. The standard InChI is InChI=1S/C25H32N2O7/c1-4-33-24(28)15-22(32-3)18-7-10-26-23(13-18)34-16-17-8-11-27(12-9-17)21-14-19(31-2)5-6-20(21)25(29)30/h5-7,10,13-14,17,22H,4,8-9,11-12,15-16H2,1-3H3,(H,29,30). The highest BCUT2D eigenvalue weighted by Crippen LogP contribution is 2.30. The van der Waals surface area contributed by atoms with Crippen LogP contribution in [-0.2, 0) is 14.3 Å². The Morgan fingerprint density at radius 2 is 1.94 bits per heavy atom. The number of piperidine rings is 1. The van der Waals surface area contributed by atoms with Crippen molar-refractivity contribution < 1.29 is 33.6 Å². The van der Waals surface area contributed by atoms with Crippen molar-refractivity contribution in [3.8, 4) is 11.6 Å². The average molecular weight is 473 g/mol. The first-order valence-corrected chi connectivity index (χ1v) is 11.4. The minimum absolute atomic E-state index is 0.120. The van der Waals surface area contributed by atoms with Crippen molar-refractivity contribution in [2.24, 2.45) is 5.92 Å². The number of aromatic carboxylic acids is 1. The van der Waals surface area contributed by atoms with Crippen LogP contribution < -0.4 is 14.4 Å². The van der Waals surface area contributed by atoms with E-state index in [1.54, 1.807) is 57.7 Å². The fourth-order valence-corrected chi connectivity index (χ4v) is 4.04. The molecule has 2 heterocycles. The minimum Gasteiger partial charge on any atom is -0.497 e. The predicted octanol–water partition coefficient (Wildman–Crippen LogP) is 3.72. The predicted molar refractivity (Wildman–Crippen MR) is 126 cm³/mol. The fourth-order valence-electron chi connectivity index (χ4n) is 4.04. The van der Waals surface area contributed by atoms with Gasteiger partial charge in [-0.1, -0.05) is 0 Å². The number of rotatable bonds is 11. The fraction of sp³-hybridized carbons (Fsp3) is 0.480. The molecule has 3 rings (SSSR count). The lowest BCUT2D eigenvalue weighted by atomic mass is 9.96. The molecule has 1 atom stereocenters. The number of esters is 1. The molecule has 1 fully saturated rings. The lowest BCUT2D eigenvalue weighted by molar-refractivity contribution is -0.146. The number of ether oxygens (including phenoxy) is 4. The van der Waals surface area contributed by atoms with Gasteiger partial charge in [0.25, 0.3) is 0 Å². The number of anilines is 1. The van der Waals surface area contributed by atoms with Crippen LogP contribution in [0.15, 0.2) is 36.5 Å². The van der Waals surface area contributed by atoms with Gasteiger partial charge in [-0.15, -0.1) is 0 Å². The van der Waals surface area contributed by atoms with Gasteiger partial charge in [-0.2, -0.15) is 0 Å². The van der Waals surface area contributed by atoms with Crippen LogP contribution in [0.4, 0.5) is 5.69 Å². The second-order valence-corrected chi connectivity index (χ2v) is 8.09. The smallest absolute Gasteiger partial charge is 0.337 e. The number of carbonyl (C=O) groups is 2. The van der Waals surface area contributed by atoms with Crippen molar-refractivity contribution in [3.63, 3.8) is 0 Å². The Kier molecular flexibility index (Phi) is 9.09. The van der Waals surface area contributed by atoms with Crippen LogP contribution in [0, 0.1) is 5.92 Å². The molecule has 0 aliphatic carbocycles. The molecule has 0 saturated carbocycles. The molecule has 2 aromatic rings. The summed E-state index contributed by atoms with van der Waals surface area (Å²) in [5.41, 5.74) is 1.74. The Hall–Kier alpha value is -3.33. The van der Waals surface area contributed by atoms with E-state index in [1.165, 1.54) is 0 Å². The van der Waals surface area contributed by atoms with Crippen LogP contribution in [-0.4, -0.2) is 62.6 Å². The lowest BCUT2D eigenvalue weighted by Crippen LogP contribution is -2.36. The molecule has 1 aliphatic heterocycles. The zero-order chi connectivity index (χ0) is 24.5. The number of hydrogen-bond donors (Lipinski definition) is 1. The second-order valence-electron chi connectivity index (χ2n) is 8.09. The largest absolute Gasteiger partial charge is 0.497 e. The second kappa shape index (κ2) is 12.2. The molecule has 1 N–H and O–H groups in total. The van der Waals surface area contributed by atoms with Crippen molar-refractivity contribution in [2.45, 2.75) is 32.3 Å². The molecule has 0 spiro atoms. The highest BCUT2D eigenvalue weighted by atomic mass is 16.5. The zero-order valence-corrected chi connectivity index (χ0v) is 19.9. The summed E-state index contributed by atoms with van der Waals surface area (Å²) in [6.07, 6.45) is 3.05. The highest BCUT2D eigenvalue weighted by Gasteiger charge is 2.24. The SMILES string of the molecule is CCOC(=O)CC(OC)c1ccnc(OCC2CCN(c3cc(OC)ccc3C(=O)O)CC2)c1. The summed E-state index contributed by atoms with van der Waals surface area (Å²) in [5, 5.41) is 9.55. The van der Waals surface area contributed by atoms with Crippen molar-refractivity contribution in [1.82, 2.24) is 4.98 Å². The summed E-state index contributed by atoms with van der Waals surface area (Å²) in [6.45, 7) is 4.04. The van der Waals surface area contributed by atoms with Gasteiger partial charge >= 0.3 is 11.9 Å². The van der Waals surface area contributed by atoms with E-state index in [9.17, 15) is 14.7 Å². The molecule has 1 aromatic carbocycles. The molecule has 184 valence electrons. The minimum atomic E-state index is -0.952. The number of carbonyl (C=O) groups excluding carboxylic acids is 1. The van der Waals surface area contributed by atoms with Gasteiger partial charge < -0.3 is 29.0 Å². The Morgan fingerprint density at radius 1 is 1.18 bits per heavy atom. The van der Waals surface area contributed by atoms with Crippen molar-refractivity contribution in [2.75, 3.05) is 45.4 Å². The van der Waals surface area contributed by atoms with E-state index in [1.807, 2.05) is 0 Å². The molecule has 9 nitrogen and oxygen atoms in total. The van der Waals surface area contributed by atoms with E-state index in [-0.39, 0.29) is 18.0 Å². The van der Waals surface area contributed by atoms with Gasteiger partial charge in [0.15, 0.2) is 0 Å². The number of carboxylic acids is 1. The van der Waals surface area contributed by atoms with Crippen molar-refractivity contribution in [1.29, 1.82) is 0 Å².